The molecule has 0 spiro atoms. The number of nitrogens with zero attached hydrogens (tertiary/aromatic N) is 9. The van der Waals surface area contributed by atoms with Gasteiger partial charge in [-0.3, -0.25) is 52.7 Å². The van der Waals surface area contributed by atoms with Crippen molar-refractivity contribution in [1.82, 2.24) is 65.4 Å². The molecule has 0 aromatic heterocycles. The highest BCUT2D eigenvalue weighted by Gasteiger charge is 2.47. The van der Waals surface area contributed by atoms with Crippen LogP contribution in [0.5, 0.6) is 0 Å². The van der Waals surface area contributed by atoms with Gasteiger partial charge in [0.05, 0.1) is 18.3 Å². The number of amides is 11. The van der Waals surface area contributed by atoms with E-state index in [4.69, 9.17) is 4.74 Å². The Morgan fingerprint density at radius 1 is 0.550 bits per heavy atom. The number of allylic oxidation sites excluding steroid dienone is 2. The quantitative estimate of drug-likeness (QED) is 0.0704. The van der Waals surface area contributed by atoms with Gasteiger partial charge in [-0.05, 0) is 128 Å². The zero-order chi connectivity index (χ0) is 76.7. The molecule has 0 aromatic rings. The van der Waals surface area contributed by atoms with E-state index in [0.717, 1.165) is 31.1 Å². The first-order valence-corrected chi connectivity index (χ1v) is 37.1. The highest BCUT2D eigenvalue weighted by Crippen LogP contribution is 2.29. The van der Waals surface area contributed by atoms with Crippen molar-refractivity contribution in [2.24, 2.45) is 35.5 Å². The van der Waals surface area contributed by atoms with Crippen LogP contribution in [0, 0.1) is 35.5 Å². The Balaban J connectivity index is 3.17. The number of nitrogens with one attached hydrogen (secondary N) is 4. The van der Waals surface area contributed by atoms with Crippen molar-refractivity contribution in [3.05, 3.63) is 24.8 Å². The standard InChI is InChI=1S/C73H131N13O13S/c1-27-30-32-49(14)60(87)59-64(91)76-52(29-3)66(93)85(26)72(100-39-31-33-86-36-34-78(19)35-37-86)71(98)82(23)56(43-73(17,18)99-38-28-2)63(90)77-57(47(10)11)69(96)79(20)53(40-44(4)5)62(89)74-50(15)61(88)75-51(16)65(92)80(21)54(41-45(6)7)67(94)81(22)55(42-46(8)9)68(95)83(24)58(48(12)13)70(97)84(59)25/h27-28,30,44-60,72,87H,2,29,31-43H2,1,3-26H3,(H,74,89)(H,75,88)(H,76,91)(H,77,90)/b30-27+/t49-,50+,51-,52+,53+,54+,55+,56+,57+,58+,59+,60-,72-/m1/s1. The maximum atomic E-state index is 15.7. The number of rotatable bonds is 23. The lowest BCUT2D eigenvalue weighted by Crippen LogP contribution is -2.64. The second kappa shape index (κ2) is 41.8. The average molecular weight is 1430 g/mol. The van der Waals surface area contributed by atoms with E-state index in [9.17, 15) is 19.5 Å². The summed E-state index contributed by atoms with van der Waals surface area (Å²) < 4.78 is 6.19. The first-order chi connectivity index (χ1) is 46.4. The van der Waals surface area contributed by atoms with Crippen molar-refractivity contribution >= 4 is 76.7 Å². The zero-order valence-corrected chi connectivity index (χ0v) is 66.3. The van der Waals surface area contributed by atoms with Crippen molar-refractivity contribution in [3.8, 4) is 0 Å². The van der Waals surface area contributed by atoms with E-state index >= 15 is 38.4 Å². The second-order valence-corrected chi connectivity index (χ2v) is 31.6. The van der Waals surface area contributed by atoms with Gasteiger partial charge in [0.2, 0.25) is 59.1 Å². The summed E-state index contributed by atoms with van der Waals surface area (Å²) in [7, 11) is 12.1. The molecule has 5 N–H and O–H groups in total. The lowest BCUT2D eigenvalue weighted by atomic mass is 9.91. The first kappa shape index (κ1) is 89.9. The summed E-state index contributed by atoms with van der Waals surface area (Å²) in [5.41, 5.74) is -1.11. The van der Waals surface area contributed by atoms with Gasteiger partial charge in [-0.1, -0.05) is 101 Å². The molecular formula is C73H131N13O13S. The molecule has 0 saturated carbocycles. The summed E-state index contributed by atoms with van der Waals surface area (Å²) >= 11 is 1.19. The monoisotopic (exact) mass is 1430 g/mol. The molecule has 2 aliphatic rings. The molecule has 26 nitrogen and oxygen atoms in total. The Morgan fingerprint density at radius 3 is 1.53 bits per heavy atom. The van der Waals surface area contributed by atoms with Crippen molar-refractivity contribution in [1.29, 1.82) is 0 Å². The Bertz CT molecular complexity index is 2760. The van der Waals surface area contributed by atoms with E-state index in [-0.39, 0.29) is 56.5 Å². The van der Waals surface area contributed by atoms with Crippen LogP contribution in [0.1, 0.15) is 163 Å². The van der Waals surface area contributed by atoms with Crippen molar-refractivity contribution in [2.45, 2.75) is 240 Å². The topological polar surface area (TPSA) is 295 Å². The number of hydrogen-bond donors (Lipinski definition) is 5. The maximum Gasteiger partial charge on any atom is 0.256 e. The Kier molecular flexibility index (Phi) is 37.6. The third kappa shape index (κ3) is 26.0. The van der Waals surface area contributed by atoms with Crippen LogP contribution in [0.4, 0.5) is 0 Å². The van der Waals surface area contributed by atoms with E-state index in [1.807, 2.05) is 54.5 Å². The van der Waals surface area contributed by atoms with Crippen LogP contribution in [0.15, 0.2) is 24.8 Å². The van der Waals surface area contributed by atoms with E-state index in [0.29, 0.717) is 25.1 Å². The molecule has 2 heterocycles. The van der Waals surface area contributed by atoms with Crippen LogP contribution in [0.25, 0.3) is 0 Å². The van der Waals surface area contributed by atoms with Crippen LogP contribution >= 0.6 is 11.8 Å². The fraction of sp³-hybridized carbons (Fsp3) is 0.795. The molecule has 13 atom stereocenters. The number of hydrogen-bond acceptors (Lipinski definition) is 16. The van der Waals surface area contributed by atoms with Crippen LogP contribution in [-0.4, -0.2) is 293 Å². The molecule has 27 heteroatoms. The van der Waals surface area contributed by atoms with Gasteiger partial charge >= 0.3 is 0 Å². The highest BCUT2D eigenvalue weighted by atomic mass is 32.2. The summed E-state index contributed by atoms with van der Waals surface area (Å²) in [6.07, 6.45) is 4.80. The molecule has 2 saturated heterocycles. The lowest BCUT2D eigenvalue weighted by molar-refractivity contribution is -0.157. The van der Waals surface area contributed by atoms with E-state index in [1.165, 1.54) is 104 Å². The minimum absolute atomic E-state index is 0.0165. The molecule has 0 bridgehead atoms. The van der Waals surface area contributed by atoms with E-state index < -0.39 is 160 Å². The third-order valence-electron chi connectivity index (χ3n) is 19.3. The maximum absolute atomic E-state index is 15.7. The van der Waals surface area contributed by atoms with Gasteiger partial charge in [-0.2, -0.15) is 0 Å². The van der Waals surface area contributed by atoms with E-state index in [1.54, 1.807) is 67.5 Å². The van der Waals surface area contributed by atoms with Gasteiger partial charge in [-0.25, -0.2) is 0 Å². The molecular weight excluding hydrogens is 1300 g/mol. The number of aliphatic hydroxyl groups is 1. The van der Waals surface area contributed by atoms with Crippen molar-refractivity contribution < 1.29 is 62.6 Å². The van der Waals surface area contributed by atoms with Gasteiger partial charge in [0.1, 0.15) is 60.4 Å². The number of aliphatic hydroxyl groups excluding tert-OH is 1. The molecule has 11 amide bonds. The van der Waals surface area contributed by atoms with Gasteiger partial charge in [0.25, 0.3) is 5.91 Å². The summed E-state index contributed by atoms with van der Waals surface area (Å²) in [5, 5.41) is 22.3. The van der Waals surface area contributed by atoms with Crippen LogP contribution in [0.2, 0.25) is 0 Å². The summed E-state index contributed by atoms with van der Waals surface area (Å²) in [6.45, 7) is 37.8. The average Bonchev–Trinajstić information content (AvgIpc) is 0.806. The molecule has 0 radical (unpaired) electrons. The number of carbonyl (C=O) groups is 11. The molecule has 2 fully saturated rings. The molecule has 2 aliphatic heterocycles. The fourth-order valence-corrected chi connectivity index (χ4v) is 13.9. The summed E-state index contributed by atoms with van der Waals surface area (Å²) in [4.78, 5) is 179. The molecule has 572 valence electrons. The molecule has 0 aromatic carbocycles. The normalized spacial score (nSPS) is 26.8. The first-order valence-electron chi connectivity index (χ1n) is 36.1. The molecule has 2 rings (SSSR count). The van der Waals surface area contributed by atoms with E-state index in [2.05, 4.69) is 44.7 Å². The predicted molar refractivity (Wildman–Crippen MR) is 394 cm³/mol. The van der Waals surface area contributed by atoms with Gasteiger partial charge < -0.3 is 75.2 Å². The van der Waals surface area contributed by atoms with Crippen LogP contribution in [-0.2, 0) is 57.5 Å². The largest absolute Gasteiger partial charge is 0.390 e. The van der Waals surface area contributed by atoms with Gasteiger partial charge in [0.15, 0.2) is 5.37 Å². The van der Waals surface area contributed by atoms with Crippen LogP contribution < -0.4 is 21.3 Å². The van der Waals surface area contributed by atoms with Gasteiger partial charge in [0, 0.05) is 81.9 Å². The number of thioether (sulfide) groups is 1. The zero-order valence-electron chi connectivity index (χ0n) is 65.5. The Morgan fingerprint density at radius 2 is 1.03 bits per heavy atom. The highest BCUT2D eigenvalue weighted by molar-refractivity contribution is 8.00. The van der Waals surface area contributed by atoms with Gasteiger partial charge in [-0.15, -0.1) is 18.3 Å². The van der Waals surface area contributed by atoms with Crippen molar-refractivity contribution in [3.63, 3.8) is 0 Å². The smallest absolute Gasteiger partial charge is 0.256 e. The van der Waals surface area contributed by atoms with Crippen molar-refractivity contribution in [2.75, 3.05) is 101 Å². The number of ether oxygens (including phenoxy) is 1. The third-order valence-corrected chi connectivity index (χ3v) is 20.6. The summed E-state index contributed by atoms with van der Waals surface area (Å²) in [5.74, 6) is -9.63. The SMILES string of the molecule is C=CCOC(C)(C)C[C@H]1C(=O)N[C@@H](C(C)C)C(=O)N(C)[C@@H](CC(C)C)C(=O)N[C@@H](C)C(=O)N[C@H](C)C(=O)N(C)[C@@H](CC(C)C)C(=O)N(C)[C@@H](CC(C)C)C(=O)N(C)[C@@H](C(C)C)C(=O)N(C)[C@@H]([C@H](O)[C@H](C)C/C=C/C)C(=O)N[C@@H](CC)C(=O)N(C)[C@H](SCCCN2CCN(C)CC2)C(=O)N1C. The number of piperazine rings is 1. The lowest BCUT2D eigenvalue weighted by Gasteiger charge is -2.41. The predicted octanol–water partition coefficient (Wildman–Crippen LogP) is 4.29. The number of likely N-dealkylation sites (N-methyl/N-ethyl adjacent to an activating group) is 8. The minimum Gasteiger partial charge on any atom is -0.390 e. The van der Waals surface area contributed by atoms with Crippen LogP contribution in [0.3, 0.4) is 0 Å². The second-order valence-electron chi connectivity index (χ2n) is 30.4. The molecule has 100 heavy (non-hydrogen) atoms. The molecule has 0 aliphatic carbocycles. The number of carbonyl (C=O) groups excluding carboxylic acids is 11. The molecule has 0 unspecified atom stereocenters. The minimum atomic E-state index is -1.66. The Labute approximate surface area is 603 Å². The Hall–Kier alpha value is -6.16. The fourth-order valence-electron chi connectivity index (χ4n) is 12.8. The summed E-state index contributed by atoms with van der Waals surface area (Å²) in [6, 6.07) is -13.0.